The molecule has 2 N–H and O–H groups in total. The van der Waals surface area contributed by atoms with Crippen LogP contribution in [0.3, 0.4) is 0 Å². The van der Waals surface area contributed by atoms with Gasteiger partial charge in [0, 0.05) is 52.8 Å². The average Bonchev–Trinajstić information content (AvgIpc) is 3.82. The molecule has 1 saturated heterocycles. The van der Waals surface area contributed by atoms with Gasteiger partial charge in [-0.25, -0.2) is 14.8 Å². The minimum absolute atomic E-state index is 0.0372. The maximum Gasteiger partial charge on any atom is 0.410 e. The van der Waals surface area contributed by atoms with E-state index >= 15 is 0 Å². The Labute approximate surface area is 254 Å². The normalized spacial score (nSPS) is 23.3. The van der Waals surface area contributed by atoms with Crippen molar-refractivity contribution in [3.05, 3.63) is 65.8 Å². The number of aromatic nitrogens is 5. The first-order chi connectivity index (χ1) is 20.8. The second-order valence-corrected chi connectivity index (χ2v) is 13.9. The van der Waals surface area contributed by atoms with Crippen LogP contribution in [0.15, 0.2) is 42.7 Å². The molecule has 1 atom stereocenters. The largest absolute Gasteiger partial charge is 0.444 e. The molecule has 1 aliphatic heterocycles. The molecule has 1 amide bonds. The highest BCUT2D eigenvalue weighted by molar-refractivity contribution is 5.84. The Morgan fingerprint density at radius 3 is 2.40 bits per heavy atom. The SMILES string of the molecule is CC(C)(C)OC(=O)N1CCC[C@H]1c1ncc(C2CCC(c3ccc4cc(-c5cnc(C6CCCC6)[nH]5)ccc4n3)CC2)[nH]1. The van der Waals surface area contributed by atoms with E-state index in [-0.39, 0.29) is 12.1 Å². The molecule has 4 heterocycles. The molecule has 0 bridgehead atoms. The average molecular weight is 581 g/mol. The van der Waals surface area contributed by atoms with Crippen LogP contribution in [-0.2, 0) is 4.74 Å². The van der Waals surface area contributed by atoms with Crippen LogP contribution in [0, 0.1) is 0 Å². The molecule has 3 fully saturated rings. The molecule has 3 aromatic heterocycles. The summed E-state index contributed by atoms with van der Waals surface area (Å²) >= 11 is 0. The second kappa shape index (κ2) is 11.4. The van der Waals surface area contributed by atoms with Crippen molar-refractivity contribution in [3.8, 4) is 11.3 Å². The Kier molecular flexibility index (Phi) is 7.48. The summed E-state index contributed by atoms with van der Waals surface area (Å²) in [5.74, 6) is 3.55. The second-order valence-electron chi connectivity index (χ2n) is 13.9. The Hall–Kier alpha value is -3.68. The quantitative estimate of drug-likeness (QED) is 0.246. The highest BCUT2D eigenvalue weighted by atomic mass is 16.6. The number of nitrogens with one attached hydrogen (secondary N) is 2. The molecule has 8 heteroatoms. The molecule has 2 aliphatic carbocycles. The molecule has 1 aromatic carbocycles. The van der Waals surface area contributed by atoms with Gasteiger partial charge in [-0.2, -0.15) is 0 Å². The number of hydrogen-bond acceptors (Lipinski definition) is 5. The minimum Gasteiger partial charge on any atom is -0.444 e. The van der Waals surface area contributed by atoms with Crippen molar-refractivity contribution in [3.63, 3.8) is 0 Å². The standard InChI is InChI=1S/C35H44N6O2/c1-35(2,3)43-34(42)41-18-6-9-31(41)33-37-20-29(40-33)23-12-10-22(11-13-23)27-16-14-25-19-26(15-17-28(25)38-27)30-21-36-32(39-30)24-7-4-5-8-24/h14-17,19-24,31H,4-13,18H2,1-3H3,(H,36,39)(H,37,40)/t22?,23?,31-/m0/s1. The first-order valence-corrected chi connectivity index (χ1v) is 16.3. The third-order valence-corrected chi connectivity index (χ3v) is 9.76. The highest BCUT2D eigenvalue weighted by Gasteiger charge is 2.35. The highest BCUT2D eigenvalue weighted by Crippen LogP contribution is 2.41. The van der Waals surface area contributed by atoms with E-state index in [0.29, 0.717) is 24.3 Å². The van der Waals surface area contributed by atoms with Gasteiger partial charge in [0.05, 0.1) is 23.4 Å². The van der Waals surface area contributed by atoms with Gasteiger partial charge in [-0.3, -0.25) is 9.88 Å². The number of benzene rings is 1. The van der Waals surface area contributed by atoms with Crippen LogP contribution in [0.2, 0.25) is 0 Å². The molecule has 7 rings (SSSR count). The Balaban J connectivity index is 0.984. The molecule has 0 radical (unpaired) electrons. The molecule has 2 saturated carbocycles. The molecule has 226 valence electrons. The monoisotopic (exact) mass is 580 g/mol. The summed E-state index contributed by atoms with van der Waals surface area (Å²) in [6.07, 6.45) is 15.2. The number of H-pyrrole nitrogens is 2. The van der Waals surface area contributed by atoms with Gasteiger partial charge >= 0.3 is 6.09 Å². The summed E-state index contributed by atoms with van der Waals surface area (Å²) in [5, 5.41) is 1.17. The number of hydrogen-bond donors (Lipinski definition) is 2. The number of nitrogens with zero attached hydrogens (tertiary/aromatic N) is 4. The molecular formula is C35H44N6O2. The van der Waals surface area contributed by atoms with Gasteiger partial charge in [0.1, 0.15) is 17.2 Å². The zero-order chi connectivity index (χ0) is 29.6. The van der Waals surface area contributed by atoms with E-state index in [9.17, 15) is 4.79 Å². The van der Waals surface area contributed by atoms with Crippen molar-refractivity contribution in [1.29, 1.82) is 0 Å². The predicted octanol–water partition coefficient (Wildman–Crippen LogP) is 8.52. The van der Waals surface area contributed by atoms with E-state index in [0.717, 1.165) is 61.4 Å². The van der Waals surface area contributed by atoms with E-state index in [1.165, 1.54) is 48.0 Å². The smallest absolute Gasteiger partial charge is 0.410 e. The molecule has 0 spiro atoms. The lowest BCUT2D eigenvalue weighted by atomic mass is 9.79. The van der Waals surface area contributed by atoms with Crippen molar-refractivity contribution in [2.45, 2.75) is 114 Å². The maximum atomic E-state index is 12.8. The van der Waals surface area contributed by atoms with Crippen LogP contribution in [0.25, 0.3) is 22.2 Å². The van der Waals surface area contributed by atoms with E-state index < -0.39 is 5.60 Å². The number of aromatic amines is 2. The van der Waals surface area contributed by atoms with Crippen molar-refractivity contribution >= 4 is 17.0 Å². The zero-order valence-electron chi connectivity index (χ0n) is 25.7. The number of likely N-dealkylation sites (tertiary alicyclic amines) is 1. The molecule has 4 aromatic rings. The fourth-order valence-electron chi connectivity index (χ4n) is 7.44. The third kappa shape index (κ3) is 5.93. The topological polar surface area (TPSA) is 99.8 Å². The Morgan fingerprint density at radius 2 is 1.60 bits per heavy atom. The van der Waals surface area contributed by atoms with Crippen molar-refractivity contribution in [2.24, 2.45) is 0 Å². The predicted molar refractivity (Wildman–Crippen MR) is 168 cm³/mol. The Morgan fingerprint density at radius 1 is 0.837 bits per heavy atom. The Bertz CT molecular complexity index is 1590. The fourth-order valence-corrected chi connectivity index (χ4v) is 7.44. The summed E-state index contributed by atoms with van der Waals surface area (Å²) in [6.45, 7) is 6.45. The molecule has 43 heavy (non-hydrogen) atoms. The van der Waals surface area contributed by atoms with Gasteiger partial charge in [-0.15, -0.1) is 0 Å². The summed E-state index contributed by atoms with van der Waals surface area (Å²) in [5.41, 5.74) is 5.22. The summed E-state index contributed by atoms with van der Waals surface area (Å²) < 4.78 is 5.66. The van der Waals surface area contributed by atoms with Crippen LogP contribution < -0.4 is 0 Å². The lowest BCUT2D eigenvalue weighted by Crippen LogP contribution is -2.36. The first-order valence-electron chi connectivity index (χ1n) is 16.3. The van der Waals surface area contributed by atoms with E-state index in [4.69, 9.17) is 19.7 Å². The van der Waals surface area contributed by atoms with Crippen molar-refractivity contribution in [2.75, 3.05) is 6.54 Å². The maximum absolute atomic E-state index is 12.8. The molecule has 8 nitrogen and oxygen atoms in total. The van der Waals surface area contributed by atoms with Crippen LogP contribution in [0.1, 0.15) is 132 Å². The lowest BCUT2D eigenvalue weighted by molar-refractivity contribution is 0.0218. The number of carbonyl (C=O) groups excluding carboxylic acids is 1. The fraction of sp³-hybridized carbons (Fsp3) is 0.543. The van der Waals surface area contributed by atoms with Gasteiger partial charge in [-0.05, 0) is 90.3 Å². The summed E-state index contributed by atoms with van der Waals surface area (Å²) in [7, 11) is 0. The third-order valence-electron chi connectivity index (χ3n) is 9.76. The van der Waals surface area contributed by atoms with E-state index in [1.54, 1.807) is 0 Å². The van der Waals surface area contributed by atoms with Crippen LogP contribution in [0.5, 0.6) is 0 Å². The number of ether oxygens (including phenoxy) is 1. The zero-order valence-corrected chi connectivity index (χ0v) is 25.7. The molecule has 0 unspecified atom stereocenters. The number of imidazole rings is 2. The van der Waals surface area contributed by atoms with Gasteiger partial charge in [-0.1, -0.05) is 25.0 Å². The van der Waals surface area contributed by atoms with Gasteiger partial charge in [0.2, 0.25) is 0 Å². The van der Waals surface area contributed by atoms with Crippen molar-refractivity contribution in [1.82, 2.24) is 29.8 Å². The number of carbonyl (C=O) groups is 1. The van der Waals surface area contributed by atoms with E-state index in [2.05, 4.69) is 40.3 Å². The number of fused-ring (bicyclic) bond motifs is 1. The summed E-state index contributed by atoms with van der Waals surface area (Å²) in [4.78, 5) is 36.4. The van der Waals surface area contributed by atoms with Crippen LogP contribution in [0.4, 0.5) is 4.79 Å². The van der Waals surface area contributed by atoms with Crippen LogP contribution >= 0.6 is 0 Å². The van der Waals surface area contributed by atoms with Crippen molar-refractivity contribution < 1.29 is 9.53 Å². The number of pyridine rings is 1. The number of rotatable bonds is 5. The lowest BCUT2D eigenvalue weighted by Gasteiger charge is -2.28. The van der Waals surface area contributed by atoms with E-state index in [1.807, 2.05) is 38.1 Å². The van der Waals surface area contributed by atoms with Gasteiger partial charge < -0.3 is 14.7 Å². The van der Waals surface area contributed by atoms with Crippen LogP contribution in [-0.4, -0.2) is 48.1 Å². The van der Waals surface area contributed by atoms with Gasteiger partial charge in [0.25, 0.3) is 0 Å². The summed E-state index contributed by atoms with van der Waals surface area (Å²) in [6, 6.07) is 11.0. The molecular weight excluding hydrogens is 536 g/mol. The van der Waals surface area contributed by atoms with Gasteiger partial charge in [0.15, 0.2) is 0 Å². The minimum atomic E-state index is -0.501. The number of amides is 1. The first kappa shape index (κ1) is 28.1. The molecule has 3 aliphatic rings.